The van der Waals surface area contributed by atoms with Crippen LogP contribution in [0.25, 0.3) is 5.65 Å². The molecule has 0 fully saturated rings. The molecular formula is C8H10N4. The second-order valence-corrected chi connectivity index (χ2v) is 2.83. The summed E-state index contributed by atoms with van der Waals surface area (Å²) in [5.41, 5.74) is 8.29. The lowest BCUT2D eigenvalue weighted by molar-refractivity contribution is 0.871. The Hall–Kier alpha value is -1.58. The van der Waals surface area contributed by atoms with Gasteiger partial charge in [0.15, 0.2) is 5.65 Å². The second kappa shape index (κ2) is 2.20. The summed E-state index contributed by atoms with van der Waals surface area (Å²) in [5.74, 6) is 0.549. The highest BCUT2D eigenvalue weighted by molar-refractivity contribution is 5.50. The van der Waals surface area contributed by atoms with E-state index in [0.717, 1.165) is 17.0 Å². The average molecular weight is 162 g/mol. The van der Waals surface area contributed by atoms with Crippen LogP contribution >= 0.6 is 0 Å². The Labute approximate surface area is 70.0 Å². The predicted molar refractivity (Wildman–Crippen MR) is 46.9 cm³/mol. The van der Waals surface area contributed by atoms with Crippen molar-refractivity contribution in [2.45, 2.75) is 13.8 Å². The number of hydrogen-bond acceptors (Lipinski definition) is 3. The fourth-order valence-corrected chi connectivity index (χ4v) is 1.15. The van der Waals surface area contributed by atoms with Crippen LogP contribution in [0.15, 0.2) is 12.1 Å². The van der Waals surface area contributed by atoms with Gasteiger partial charge in [0.1, 0.15) is 5.82 Å². The molecule has 2 aromatic rings. The molecule has 0 saturated heterocycles. The first-order chi connectivity index (χ1) is 5.68. The molecule has 2 N–H and O–H groups in total. The Morgan fingerprint density at radius 3 is 2.83 bits per heavy atom. The molecule has 0 aliphatic heterocycles. The lowest BCUT2D eigenvalue weighted by atomic mass is 10.4. The van der Waals surface area contributed by atoms with Gasteiger partial charge in [-0.1, -0.05) is 0 Å². The second-order valence-electron chi connectivity index (χ2n) is 2.83. The number of rotatable bonds is 0. The van der Waals surface area contributed by atoms with Gasteiger partial charge in [0.25, 0.3) is 0 Å². The van der Waals surface area contributed by atoms with Crippen LogP contribution in [0, 0.1) is 13.8 Å². The van der Waals surface area contributed by atoms with Crippen LogP contribution in [-0.2, 0) is 0 Å². The van der Waals surface area contributed by atoms with Crippen molar-refractivity contribution in [1.29, 1.82) is 0 Å². The van der Waals surface area contributed by atoms with Crippen LogP contribution in [0.1, 0.15) is 11.4 Å². The van der Waals surface area contributed by atoms with Gasteiger partial charge in [-0.2, -0.15) is 5.10 Å². The molecule has 0 spiro atoms. The molecule has 0 saturated carbocycles. The third-order valence-electron chi connectivity index (χ3n) is 1.87. The van der Waals surface area contributed by atoms with Crippen LogP contribution in [0.5, 0.6) is 0 Å². The van der Waals surface area contributed by atoms with Gasteiger partial charge in [-0.15, -0.1) is 0 Å². The van der Waals surface area contributed by atoms with Gasteiger partial charge in [-0.3, -0.25) is 0 Å². The quantitative estimate of drug-likeness (QED) is 0.627. The van der Waals surface area contributed by atoms with E-state index in [1.54, 1.807) is 4.52 Å². The van der Waals surface area contributed by atoms with Crippen LogP contribution in [0.2, 0.25) is 0 Å². The summed E-state index contributed by atoms with van der Waals surface area (Å²) in [7, 11) is 0. The third kappa shape index (κ3) is 0.845. The van der Waals surface area contributed by atoms with Crippen molar-refractivity contribution in [3.8, 4) is 0 Å². The average Bonchev–Trinajstić information content (AvgIpc) is 2.31. The first-order valence-corrected chi connectivity index (χ1v) is 3.77. The number of anilines is 1. The van der Waals surface area contributed by atoms with Crippen LogP contribution in [0.4, 0.5) is 5.82 Å². The highest BCUT2D eigenvalue weighted by atomic mass is 15.3. The number of nitrogens with zero attached hydrogens (tertiary/aromatic N) is 3. The first kappa shape index (κ1) is 7.09. The summed E-state index contributed by atoms with van der Waals surface area (Å²) in [4.78, 5) is 4.13. The fourth-order valence-electron chi connectivity index (χ4n) is 1.15. The smallest absolute Gasteiger partial charge is 0.156 e. The van der Waals surface area contributed by atoms with Crippen molar-refractivity contribution in [3.05, 3.63) is 23.5 Å². The van der Waals surface area contributed by atoms with Crippen molar-refractivity contribution in [2.24, 2.45) is 0 Å². The van der Waals surface area contributed by atoms with Crippen molar-refractivity contribution in [1.82, 2.24) is 14.6 Å². The summed E-state index contributed by atoms with van der Waals surface area (Å²) >= 11 is 0. The molecule has 0 atom stereocenters. The zero-order valence-electron chi connectivity index (χ0n) is 7.07. The number of imidazole rings is 1. The van der Waals surface area contributed by atoms with Crippen molar-refractivity contribution >= 4 is 11.5 Å². The van der Waals surface area contributed by atoms with Crippen molar-refractivity contribution in [2.75, 3.05) is 5.73 Å². The van der Waals surface area contributed by atoms with E-state index in [9.17, 15) is 0 Å². The number of aryl methyl sites for hydroxylation is 2. The molecule has 0 aliphatic carbocycles. The van der Waals surface area contributed by atoms with E-state index >= 15 is 0 Å². The molecule has 0 amide bonds. The highest BCUT2D eigenvalue weighted by Gasteiger charge is 2.04. The number of fused-ring (bicyclic) bond motifs is 1. The van der Waals surface area contributed by atoms with E-state index in [1.165, 1.54) is 0 Å². The number of aromatic nitrogens is 3. The van der Waals surface area contributed by atoms with Gasteiger partial charge in [0.05, 0.1) is 11.4 Å². The summed E-state index contributed by atoms with van der Waals surface area (Å²) in [5, 5.41) is 4.27. The molecule has 0 unspecified atom stereocenters. The van der Waals surface area contributed by atoms with E-state index in [0.29, 0.717) is 5.82 Å². The number of nitrogen functional groups attached to an aromatic ring is 1. The maximum atomic E-state index is 5.63. The highest BCUT2D eigenvalue weighted by Crippen LogP contribution is 2.11. The Morgan fingerprint density at radius 1 is 1.33 bits per heavy atom. The summed E-state index contributed by atoms with van der Waals surface area (Å²) in [6.45, 7) is 3.84. The molecule has 62 valence electrons. The van der Waals surface area contributed by atoms with Crippen LogP contribution in [0.3, 0.4) is 0 Å². The van der Waals surface area contributed by atoms with Gasteiger partial charge in [-0.25, -0.2) is 9.50 Å². The minimum Gasteiger partial charge on any atom is -0.382 e. The topological polar surface area (TPSA) is 56.2 Å². The Balaban J connectivity index is 2.88. The molecule has 2 rings (SSSR count). The molecular weight excluding hydrogens is 152 g/mol. The fraction of sp³-hybridized carbons (Fsp3) is 0.250. The van der Waals surface area contributed by atoms with E-state index in [1.807, 2.05) is 26.0 Å². The molecule has 0 radical (unpaired) electrons. The minimum absolute atomic E-state index is 0.549. The SMILES string of the molecule is Cc1ccc2nc(N)c(C)n2n1. The monoisotopic (exact) mass is 162 g/mol. The summed E-state index contributed by atoms with van der Waals surface area (Å²) < 4.78 is 1.75. The molecule has 2 aromatic heterocycles. The van der Waals surface area contributed by atoms with Crippen LogP contribution in [-0.4, -0.2) is 14.6 Å². The third-order valence-corrected chi connectivity index (χ3v) is 1.87. The number of nitrogens with two attached hydrogens (primary N) is 1. The maximum Gasteiger partial charge on any atom is 0.156 e. The normalized spacial score (nSPS) is 10.8. The van der Waals surface area contributed by atoms with Gasteiger partial charge in [0.2, 0.25) is 0 Å². The van der Waals surface area contributed by atoms with E-state index in [2.05, 4.69) is 10.1 Å². The van der Waals surface area contributed by atoms with E-state index in [-0.39, 0.29) is 0 Å². The lowest BCUT2D eigenvalue weighted by Gasteiger charge is -1.95. The minimum atomic E-state index is 0.549. The van der Waals surface area contributed by atoms with Gasteiger partial charge in [0, 0.05) is 0 Å². The lowest BCUT2D eigenvalue weighted by Crippen LogP contribution is -1.96. The predicted octanol–water partition coefficient (Wildman–Crippen LogP) is 0.928. The Kier molecular flexibility index (Phi) is 1.30. The molecule has 2 heterocycles. The molecule has 0 bridgehead atoms. The Morgan fingerprint density at radius 2 is 2.08 bits per heavy atom. The van der Waals surface area contributed by atoms with Crippen molar-refractivity contribution < 1.29 is 0 Å². The van der Waals surface area contributed by atoms with Gasteiger partial charge < -0.3 is 5.73 Å². The first-order valence-electron chi connectivity index (χ1n) is 3.77. The van der Waals surface area contributed by atoms with Crippen LogP contribution < -0.4 is 5.73 Å². The molecule has 12 heavy (non-hydrogen) atoms. The largest absolute Gasteiger partial charge is 0.382 e. The van der Waals surface area contributed by atoms with Crippen molar-refractivity contribution in [3.63, 3.8) is 0 Å². The summed E-state index contributed by atoms with van der Waals surface area (Å²) in [6.07, 6.45) is 0. The maximum absolute atomic E-state index is 5.63. The summed E-state index contributed by atoms with van der Waals surface area (Å²) in [6, 6.07) is 3.83. The zero-order chi connectivity index (χ0) is 8.72. The van der Waals surface area contributed by atoms with Gasteiger partial charge in [-0.05, 0) is 26.0 Å². The van der Waals surface area contributed by atoms with E-state index < -0.39 is 0 Å². The standard InChI is InChI=1S/C8H10N4/c1-5-3-4-7-10-8(9)6(2)12(7)11-5/h3-4H,9H2,1-2H3. The molecule has 0 aliphatic rings. The Bertz CT molecular complexity index is 430. The molecule has 4 heteroatoms. The van der Waals surface area contributed by atoms with Gasteiger partial charge >= 0.3 is 0 Å². The van der Waals surface area contributed by atoms with E-state index in [4.69, 9.17) is 5.73 Å². The molecule has 0 aromatic carbocycles. The molecule has 4 nitrogen and oxygen atoms in total. The zero-order valence-corrected chi connectivity index (χ0v) is 7.07. The number of hydrogen-bond donors (Lipinski definition) is 1.